The lowest BCUT2D eigenvalue weighted by Crippen LogP contribution is -2.47. The second-order valence-electron chi connectivity index (χ2n) is 6.57. The van der Waals surface area contributed by atoms with Gasteiger partial charge in [0.1, 0.15) is 0 Å². The number of amides is 1. The fourth-order valence-corrected chi connectivity index (χ4v) is 3.69. The Bertz CT molecular complexity index is 598. The van der Waals surface area contributed by atoms with Gasteiger partial charge < -0.3 is 10.0 Å². The number of nitriles is 1. The van der Waals surface area contributed by atoms with Gasteiger partial charge in [0.15, 0.2) is 0 Å². The van der Waals surface area contributed by atoms with Crippen molar-refractivity contribution in [1.29, 1.82) is 5.26 Å². The smallest absolute Gasteiger partial charge is 0.244 e. The zero-order chi connectivity index (χ0) is 16.4. The van der Waals surface area contributed by atoms with Crippen LogP contribution in [0.4, 0.5) is 5.69 Å². The van der Waals surface area contributed by atoms with Gasteiger partial charge in [-0.05, 0) is 69.5 Å². The van der Waals surface area contributed by atoms with Gasteiger partial charge in [-0.2, -0.15) is 5.26 Å². The number of likely N-dealkylation sites (tertiary alicyclic amines) is 1. The molecule has 1 aromatic carbocycles. The molecule has 122 valence electrons. The molecule has 3 rings (SSSR count). The predicted octanol–water partition coefficient (Wildman–Crippen LogP) is 1.76. The van der Waals surface area contributed by atoms with Crippen LogP contribution < -0.4 is 4.90 Å². The first-order valence-corrected chi connectivity index (χ1v) is 8.34. The lowest BCUT2D eigenvalue weighted by molar-refractivity contribution is -0.122. The summed E-state index contributed by atoms with van der Waals surface area (Å²) in [6.07, 6.45) is 2.50. The van der Waals surface area contributed by atoms with Crippen LogP contribution in [0, 0.1) is 17.2 Å². The molecular weight excluding hydrogens is 290 g/mol. The number of hydrogen-bond acceptors (Lipinski definition) is 4. The standard InChI is InChI=1S/C18H23N3O2/c1-13(22)15-6-9-20(10-7-15)17-8-11-21(18(17)23)16-4-2-14(12-19)3-5-16/h2-5,13,15,17,22H,6-11H2,1H3. The van der Waals surface area contributed by atoms with E-state index >= 15 is 0 Å². The molecule has 0 saturated carbocycles. The fourth-order valence-electron chi connectivity index (χ4n) is 3.69. The average Bonchev–Trinajstić information content (AvgIpc) is 2.96. The van der Waals surface area contributed by atoms with E-state index in [0.717, 1.165) is 44.6 Å². The van der Waals surface area contributed by atoms with Crippen LogP contribution in [0.25, 0.3) is 0 Å². The highest BCUT2D eigenvalue weighted by molar-refractivity contribution is 5.99. The summed E-state index contributed by atoms with van der Waals surface area (Å²) in [6.45, 7) is 4.35. The van der Waals surface area contributed by atoms with E-state index in [1.54, 1.807) is 12.1 Å². The summed E-state index contributed by atoms with van der Waals surface area (Å²) < 4.78 is 0. The van der Waals surface area contributed by atoms with E-state index in [9.17, 15) is 9.90 Å². The third-order valence-corrected chi connectivity index (χ3v) is 5.18. The number of hydrogen-bond donors (Lipinski definition) is 1. The van der Waals surface area contributed by atoms with Gasteiger partial charge in [0, 0.05) is 12.2 Å². The minimum Gasteiger partial charge on any atom is -0.393 e. The number of nitrogens with zero attached hydrogens (tertiary/aromatic N) is 3. The van der Waals surface area contributed by atoms with Crippen molar-refractivity contribution >= 4 is 11.6 Å². The van der Waals surface area contributed by atoms with Gasteiger partial charge in [0.05, 0.1) is 23.8 Å². The molecule has 0 bridgehead atoms. The largest absolute Gasteiger partial charge is 0.393 e. The van der Waals surface area contributed by atoms with Crippen LogP contribution in [0.1, 0.15) is 31.7 Å². The van der Waals surface area contributed by atoms with Gasteiger partial charge >= 0.3 is 0 Å². The van der Waals surface area contributed by atoms with E-state index < -0.39 is 0 Å². The molecule has 1 aromatic rings. The average molecular weight is 313 g/mol. The highest BCUT2D eigenvalue weighted by Crippen LogP contribution is 2.28. The van der Waals surface area contributed by atoms with Crippen LogP contribution in [0.15, 0.2) is 24.3 Å². The summed E-state index contributed by atoms with van der Waals surface area (Å²) in [6, 6.07) is 9.26. The van der Waals surface area contributed by atoms with Crippen molar-refractivity contribution in [3.63, 3.8) is 0 Å². The van der Waals surface area contributed by atoms with Gasteiger partial charge in [-0.15, -0.1) is 0 Å². The van der Waals surface area contributed by atoms with Crippen molar-refractivity contribution in [2.75, 3.05) is 24.5 Å². The molecule has 5 heteroatoms. The van der Waals surface area contributed by atoms with Crippen molar-refractivity contribution < 1.29 is 9.90 Å². The number of aliphatic hydroxyl groups is 1. The van der Waals surface area contributed by atoms with Crippen molar-refractivity contribution in [3.8, 4) is 6.07 Å². The van der Waals surface area contributed by atoms with E-state index in [2.05, 4.69) is 11.0 Å². The summed E-state index contributed by atoms with van der Waals surface area (Å²) >= 11 is 0. The number of carbonyl (C=O) groups is 1. The van der Waals surface area contributed by atoms with E-state index in [1.807, 2.05) is 24.0 Å². The minimum atomic E-state index is -0.258. The van der Waals surface area contributed by atoms with E-state index in [1.165, 1.54) is 0 Å². The van der Waals surface area contributed by atoms with Crippen molar-refractivity contribution in [1.82, 2.24) is 4.90 Å². The normalized spacial score (nSPS) is 24.7. The van der Waals surface area contributed by atoms with Crippen LogP contribution in [-0.2, 0) is 4.79 Å². The Morgan fingerprint density at radius 2 is 1.83 bits per heavy atom. The van der Waals surface area contributed by atoms with Crippen molar-refractivity contribution in [2.24, 2.45) is 5.92 Å². The maximum absolute atomic E-state index is 12.7. The highest BCUT2D eigenvalue weighted by atomic mass is 16.3. The Kier molecular flexibility index (Phi) is 4.65. The Morgan fingerprint density at radius 1 is 1.17 bits per heavy atom. The van der Waals surface area contributed by atoms with Crippen LogP contribution in [0.5, 0.6) is 0 Å². The van der Waals surface area contributed by atoms with Gasteiger partial charge in [-0.3, -0.25) is 9.69 Å². The van der Waals surface area contributed by atoms with Crippen molar-refractivity contribution in [3.05, 3.63) is 29.8 Å². The predicted molar refractivity (Wildman–Crippen MR) is 87.9 cm³/mol. The molecule has 2 aliphatic rings. The second kappa shape index (κ2) is 6.69. The van der Waals surface area contributed by atoms with Crippen LogP contribution in [0.3, 0.4) is 0 Å². The Morgan fingerprint density at radius 3 is 2.39 bits per heavy atom. The van der Waals surface area contributed by atoms with E-state index in [-0.39, 0.29) is 18.1 Å². The van der Waals surface area contributed by atoms with E-state index in [0.29, 0.717) is 11.5 Å². The third kappa shape index (κ3) is 3.24. The number of carbonyl (C=O) groups excluding carboxylic acids is 1. The number of piperidine rings is 1. The molecular formula is C18H23N3O2. The number of anilines is 1. The lowest BCUT2D eigenvalue weighted by atomic mass is 9.91. The van der Waals surface area contributed by atoms with Crippen LogP contribution >= 0.6 is 0 Å². The summed E-state index contributed by atoms with van der Waals surface area (Å²) in [5.41, 5.74) is 1.48. The molecule has 1 amide bonds. The zero-order valence-corrected chi connectivity index (χ0v) is 13.5. The fraction of sp³-hybridized carbons (Fsp3) is 0.556. The summed E-state index contributed by atoms with van der Waals surface area (Å²) in [4.78, 5) is 16.8. The van der Waals surface area contributed by atoms with Crippen molar-refractivity contribution in [2.45, 2.75) is 38.3 Å². The molecule has 0 spiro atoms. The molecule has 2 atom stereocenters. The second-order valence-corrected chi connectivity index (χ2v) is 6.57. The Hall–Kier alpha value is -1.90. The first-order valence-electron chi connectivity index (χ1n) is 8.34. The van der Waals surface area contributed by atoms with Crippen LogP contribution in [-0.4, -0.2) is 47.7 Å². The minimum absolute atomic E-state index is 0.0411. The molecule has 1 N–H and O–H groups in total. The first kappa shape index (κ1) is 16.0. The molecule has 2 fully saturated rings. The third-order valence-electron chi connectivity index (χ3n) is 5.18. The Labute approximate surface area is 137 Å². The molecule has 0 aromatic heterocycles. The topological polar surface area (TPSA) is 67.6 Å². The SMILES string of the molecule is CC(O)C1CCN(C2CCN(c3ccc(C#N)cc3)C2=O)CC1. The van der Waals surface area contributed by atoms with Gasteiger partial charge in [-0.1, -0.05) is 0 Å². The van der Waals surface area contributed by atoms with E-state index in [4.69, 9.17) is 5.26 Å². The van der Waals surface area contributed by atoms with Gasteiger partial charge in [-0.25, -0.2) is 0 Å². The molecule has 5 nitrogen and oxygen atoms in total. The summed E-state index contributed by atoms with van der Waals surface area (Å²) in [5, 5.41) is 18.6. The molecule has 2 heterocycles. The number of benzene rings is 1. The first-order chi connectivity index (χ1) is 11.1. The number of aliphatic hydroxyl groups excluding tert-OH is 1. The van der Waals surface area contributed by atoms with Gasteiger partial charge in [0.2, 0.25) is 5.91 Å². The molecule has 2 unspecified atom stereocenters. The quantitative estimate of drug-likeness (QED) is 0.923. The lowest BCUT2D eigenvalue weighted by Gasteiger charge is -2.36. The summed E-state index contributed by atoms with van der Waals surface area (Å²) in [7, 11) is 0. The maximum atomic E-state index is 12.7. The zero-order valence-electron chi connectivity index (χ0n) is 13.5. The molecule has 0 aliphatic carbocycles. The molecule has 2 saturated heterocycles. The highest BCUT2D eigenvalue weighted by Gasteiger charge is 2.38. The molecule has 2 aliphatic heterocycles. The monoisotopic (exact) mass is 313 g/mol. The Balaban J connectivity index is 1.64. The maximum Gasteiger partial charge on any atom is 0.244 e. The molecule has 0 radical (unpaired) electrons. The molecule has 23 heavy (non-hydrogen) atoms. The summed E-state index contributed by atoms with van der Waals surface area (Å²) in [5.74, 6) is 0.516. The van der Waals surface area contributed by atoms with Crippen LogP contribution in [0.2, 0.25) is 0 Å². The van der Waals surface area contributed by atoms with Gasteiger partial charge in [0.25, 0.3) is 0 Å². The number of rotatable bonds is 3.